The van der Waals surface area contributed by atoms with Crippen LogP contribution in [0.4, 0.5) is 14.9 Å². The number of nitrogens with two attached hydrogens (primary N) is 1. The molecule has 0 spiro atoms. The number of hydrogen-bond acceptors (Lipinski definition) is 4. The second kappa shape index (κ2) is 8.28. The Labute approximate surface area is 157 Å². The number of carbonyl (C=O) groups is 2. The molecule has 1 heterocycles. The van der Waals surface area contributed by atoms with E-state index in [0.717, 1.165) is 5.56 Å². The van der Waals surface area contributed by atoms with Crippen molar-refractivity contribution >= 4 is 17.6 Å². The van der Waals surface area contributed by atoms with E-state index in [4.69, 9.17) is 5.73 Å². The van der Waals surface area contributed by atoms with E-state index in [9.17, 15) is 14.0 Å². The summed E-state index contributed by atoms with van der Waals surface area (Å²) >= 11 is 0. The Balaban J connectivity index is 1.57. The normalized spacial score (nSPS) is 20.9. The fraction of sp³-hybridized carbons (Fsp3) is 0.300. The number of rotatable bonds is 4. The van der Waals surface area contributed by atoms with E-state index < -0.39 is 23.8 Å². The highest BCUT2D eigenvalue weighted by molar-refractivity contribution is 6.02. The van der Waals surface area contributed by atoms with Crippen LogP contribution >= 0.6 is 0 Å². The molecule has 0 saturated carbocycles. The molecule has 0 aromatic heterocycles. The van der Waals surface area contributed by atoms with Crippen molar-refractivity contribution in [3.05, 3.63) is 66.0 Å². The van der Waals surface area contributed by atoms with E-state index in [1.54, 1.807) is 13.0 Å². The Morgan fingerprint density at radius 1 is 1.11 bits per heavy atom. The fourth-order valence-corrected chi connectivity index (χ4v) is 3.33. The minimum atomic E-state index is -0.764. The first-order valence-corrected chi connectivity index (χ1v) is 8.86. The van der Waals surface area contributed by atoms with Crippen LogP contribution in [0.1, 0.15) is 18.4 Å². The molecular formula is C20H23FN4O2. The first kappa shape index (κ1) is 19.0. The summed E-state index contributed by atoms with van der Waals surface area (Å²) in [5, 5.41) is 4.60. The average Bonchev–Trinajstić information content (AvgIpc) is 3.05. The van der Waals surface area contributed by atoms with Gasteiger partial charge in [-0.25, -0.2) is 9.18 Å². The van der Waals surface area contributed by atoms with E-state index in [1.807, 2.05) is 35.2 Å². The Hall–Kier alpha value is -2.77. The van der Waals surface area contributed by atoms with Crippen LogP contribution in [0.3, 0.4) is 0 Å². The van der Waals surface area contributed by atoms with Crippen LogP contribution in [0, 0.1) is 5.82 Å². The molecule has 1 aliphatic rings. The van der Waals surface area contributed by atoms with Crippen LogP contribution < -0.4 is 16.4 Å². The summed E-state index contributed by atoms with van der Waals surface area (Å²) in [5.74, 6) is -0.886. The molecule has 7 heteroatoms. The molecule has 0 aliphatic carbocycles. The average molecular weight is 370 g/mol. The summed E-state index contributed by atoms with van der Waals surface area (Å²) in [5.41, 5.74) is 7.42. The van der Waals surface area contributed by atoms with E-state index >= 15 is 0 Å². The van der Waals surface area contributed by atoms with Gasteiger partial charge in [0.05, 0.1) is 11.7 Å². The second-order valence-electron chi connectivity index (χ2n) is 6.73. The van der Waals surface area contributed by atoms with Gasteiger partial charge in [0.1, 0.15) is 5.82 Å². The molecule has 1 aliphatic heterocycles. The number of imide groups is 1. The standard InChI is InChI=1S/C20H23FN4O2/c1-13(19(26)24-20(27)23-18-10-6-5-9-16(18)21)25-11-15(17(22)12-25)14-7-3-2-4-8-14/h2-10,13,15,17H,11-12,22H2,1H3,(H2,23,24,26,27)/t13?,15-,17+/m0/s1. The molecule has 1 saturated heterocycles. The lowest BCUT2D eigenvalue weighted by Gasteiger charge is -2.23. The van der Waals surface area contributed by atoms with Gasteiger partial charge in [0, 0.05) is 25.0 Å². The zero-order valence-corrected chi connectivity index (χ0v) is 15.1. The smallest absolute Gasteiger partial charge is 0.326 e. The van der Waals surface area contributed by atoms with Gasteiger partial charge in [0.25, 0.3) is 0 Å². The van der Waals surface area contributed by atoms with Crippen LogP contribution in [0.2, 0.25) is 0 Å². The van der Waals surface area contributed by atoms with Crippen molar-refractivity contribution in [3.63, 3.8) is 0 Å². The molecule has 2 aromatic rings. The van der Waals surface area contributed by atoms with E-state index in [0.29, 0.717) is 13.1 Å². The Morgan fingerprint density at radius 3 is 2.48 bits per heavy atom. The molecule has 1 unspecified atom stereocenters. The first-order chi connectivity index (χ1) is 13.0. The van der Waals surface area contributed by atoms with Gasteiger partial charge in [-0.15, -0.1) is 0 Å². The molecule has 4 N–H and O–H groups in total. The molecule has 1 fully saturated rings. The molecule has 142 valence electrons. The van der Waals surface area contributed by atoms with Crippen LogP contribution in [-0.4, -0.2) is 42.0 Å². The van der Waals surface area contributed by atoms with Crippen molar-refractivity contribution in [1.82, 2.24) is 10.2 Å². The summed E-state index contributed by atoms with van der Waals surface area (Å²) < 4.78 is 13.6. The van der Waals surface area contributed by atoms with Crippen molar-refractivity contribution in [3.8, 4) is 0 Å². The Kier molecular flexibility index (Phi) is 5.83. The van der Waals surface area contributed by atoms with Gasteiger partial charge in [0.2, 0.25) is 5.91 Å². The van der Waals surface area contributed by atoms with E-state index in [-0.39, 0.29) is 17.6 Å². The van der Waals surface area contributed by atoms with Crippen LogP contribution in [0.15, 0.2) is 54.6 Å². The highest BCUT2D eigenvalue weighted by atomic mass is 19.1. The number of carbonyl (C=O) groups excluding carboxylic acids is 2. The number of nitrogens with one attached hydrogen (secondary N) is 2. The number of para-hydroxylation sites is 1. The highest BCUT2D eigenvalue weighted by Crippen LogP contribution is 2.27. The third kappa shape index (κ3) is 4.50. The van der Waals surface area contributed by atoms with Gasteiger partial charge in [-0.3, -0.25) is 15.0 Å². The first-order valence-electron chi connectivity index (χ1n) is 8.86. The largest absolute Gasteiger partial charge is 0.326 e. The van der Waals surface area contributed by atoms with Gasteiger partial charge in [-0.1, -0.05) is 42.5 Å². The van der Waals surface area contributed by atoms with Crippen molar-refractivity contribution in [2.45, 2.75) is 24.9 Å². The summed E-state index contributed by atoms with van der Waals surface area (Å²) in [6.45, 7) is 2.92. The second-order valence-corrected chi connectivity index (χ2v) is 6.73. The summed E-state index contributed by atoms with van der Waals surface area (Å²) in [6.07, 6.45) is 0. The van der Waals surface area contributed by atoms with Gasteiger partial charge < -0.3 is 11.1 Å². The highest BCUT2D eigenvalue weighted by Gasteiger charge is 2.36. The Bertz CT molecular complexity index is 815. The third-order valence-corrected chi connectivity index (χ3v) is 4.91. The number of nitrogens with zero attached hydrogens (tertiary/aromatic N) is 1. The number of likely N-dealkylation sites (tertiary alicyclic amines) is 1. The molecule has 0 radical (unpaired) electrons. The van der Waals surface area contributed by atoms with E-state index in [2.05, 4.69) is 10.6 Å². The van der Waals surface area contributed by atoms with E-state index in [1.165, 1.54) is 18.2 Å². The maximum atomic E-state index is 13.6. The van der Waals surface area contributed by atoms with Crippen molar-refractivity contribution in [2.75, 3.05) is 18.4 Å². The molecule has 3 amide bonds. The summed E-state index contributed by atoms with van der Waals surface area (Å²) in [6, 6.07) is 14.3. The zero-order chi connectivity index (χ0) is 19.4. The predicted octanol–water partition coefficient (Wildman–Crippen LogP) is 2.29. The summed E-state index contributed by atoms with van der Waals surface area (Å²) in [4.78, 5) is 26.4. The van der Waals surface area contributed by atoms with Crippen molar-refractivity contribution in [2.24, 2.45) is 5.73 Å². The van der Waals surface area contributed by atoms with Crippen LogP contribution in [-0.2, 0) is 4.79 Å². The predicted molar refractivity (Wildman–Crippen MR) is 102 cm³/mol. The van der Waals surface area contributed by atoms with Gasteiger partial charge in [-0.2, -0.15) is 0 Å². The fourth-order valence-electron chi connectivity index (χ4n) is 3.33. The topological polar surface area (TPSA) is 87.5 Å². The maximum absolute atomic E-state index is 13.6. The third-order valence-electron chi connectivity index (χ3n) is 4.91. The van der Waals surface area contributed by atoms with Crippen LogP contribution in [0.25, 0.3) is 0 Å². The van der Waals surface area contributed by atoms with Crippen molar-refractivity contribution in [1.29, 1.82) is 0 Å². The summed E-state index contributed by atoms with van der Waals surface area (Å²) in [7, 11) is 0. The van der Waals surface area contributed by atoms with Crippen molar-refractivity contribution < 1.29 is 14.0 Å². The minimum Gasteiger partial charge on any atom is -0.326 e. The minimum absolute atomic E-state index is 0.0165. The number of benzene rings is 2. The lowest BCUT2D eigenvalue weighted by Crippen LogP contribution is -2.47. The molecule has 0 bridgehead atoms. The number of halogens is 1. The molecule has 3 atom stereocenters. The Morgan fingerprint density at radius 2 is 1.78 bits per heavy atom. The zero-order valence-electron chi connectivity index (χ0n) is 15.1. The number of hydrogen-bond donors (Lipinski definition) is 3. The van der Waals surface area contributed by atoms with Gasteiger partial charge >= 0.3 is 6.03 Å². The SMILES string of the molecule is CC(C(=O)NC(=O)Nc1ccccc1F)N1C[C@@H](N)[C@H](c2ccccc2)C1. The quantitative estimate of drug-likeness (QED) is 0.771. The van der Waals surface area contributed by atoms with Gasteiger partial charge in [0.15, 0.2) is 0 Å². The molecular weight excluding hydrogens is 347 g/mol. The van der Waals surface area contributed by atoms with Gasteiger partial charge in [-0.05, 0) is 24.6 Å². The lowest BCUT2D eigenvalue weighted by molar-refractivity contribution is -0.124. The molecule has 3 rings (SSSR count). The van der Waals surface area contributed by atoms with Crippen LogP contribution in [0.5, 0.6) is 0 Å². The molecule has 2 aromatic carbocycles. The number of amides is 3. The number of urea groups is 1. The maximum Gasteiger partial charge on any atom is 0.326 e. The number of anilines is 1. The monoisotopic (exact) mass is 370 g/mol. The molecule has 27 heavy (non-hydrogen) atoms. The molecule has 6 nitrogen and oxygen atoms in total. The lowest BCUT2D eigenvalue weighted by atomic mass is 9.95.